The minimum atomic E-state index is -0.646. The standard InChI is InChI=1S/C19H27N3O4/c1-4-25-18(23)16-14(11-22-9-12(2)8-13(3)10-22)20-19(24)21-17(16)15-6-5-7-26-15/h5-7,12-13,17H,4,8-11H2,1-3H3,(H2,20,21,24)/t12-,13-,17+/m0/s1. The molecule has 2 aliphatic rings. The van der Waals surface area contributed by atoms with E-state index in [1.54, 1.807) is 19.1 Å². The van der Waals surface area contributed by atoms with Gasteiger partial charge in [0.15, 0.2) is 0 Å². The van der Waals surface area contributed by atoms with E-state index >= 15 is 0 Å². The van der Waals surface area contributed by atoms with E-state index in [1.165, 1.54) is 12.7 Å². The number of nitrogens with zero attached hydrogens (tertiary/aromatic N) is 1. The second kappa shape index (κ2) is 7.95. The molecule has 2 amide bonds. The maximum absolute atomic E-state index is 12.7. The van der Waals surface area contributed by atoms with Crippen molar-refractivity contribution in [1.29, 1.82) is 0 Å². The van der Waals surface area contributed by atoms with E-state index in [1.807, 2.05) is 0 Å². The van der Waals surface area contributed by atoms with Crippen LogP contribution in [0.1, 0.15) is 39.0 Å². The van der Waals surface area contributed by atoms with E-state index in [-0.39, 0.29) is 12.6 Å². The Morgan fingerprint density at radius 2 is 2.08 bits per heavy atom. The van der Waals surface area contributed by atoms with Crippen LogP contribution in [0.4, 0.5) is 4.79 Å². The maximum Gasteiger partial charge on any atom is 0.338 e. The molecule has 3 heterocycles. The number of esters is 1. The van der Waals surface area contributed by atoms with Crippen molar-refractivity contribution in [2.45, 2.75) is 33.2 Å². The molecule has 0 aromatic carbocycles. The van der Waals surface area contributed by atoms with Crippen LogP contribution in [0.5, 0.6) is 0 Å². The normalized spacial score (nSPS) is 27.0. The lowest BCUT2D eigenvalue weighted by Crippen LogP contribution is -2.50. The minimum Gasteiger partial charge on any atom is -0.467 e. The molecule has 3 atom stereocenters. The van der Waals surface area contributed by atoms with Gasteiger partial charge in [-0.25, -0.2) is 9.59 Å². The van der Waals surface area contributed by atoms with Gasteiger partial charge in [-0.05, 0) is 37.3 Å². The minimum absolute atomic E-state index is 0.270. The zero-order valence-electron chi connectivity index (χ0n) is 15.6. The Labute approximate surface area is 153 Å². The quantitative estimate of drug-likeness (QED) is 0.787. The van der Waals surface area contributed by atoms with E-state index in [0.717, 1.165) is 13.1 Å². The number of ether oxygens (including phenoxy) is 1. The molecule has 2 N–H and O–H groups in total. The fraction of sp³-hybridized carbons (Fsp3) is 0.579. The van der Waals surface area contributed by atoms with Crippen molar-refractivity contribution in [2.24, 2.45) is 11.8 Å². The third-order valence-electron chi connectivity index (χ3n) is 4.80. The number of furan rings is 1. The van der Waals surface area contributed by atoms with Crippen LogP contribution in [0.3, 0.4) is 0 Å². The summed E-state index contributed by atoms with van der Waals surface area (Å²) in [5, 5.41) is 5.59. The lowest BCUT2D eigenvalue weighted by molar-refractivity contribution is -0.139. The zero-order valence-corrected chi connectivity index (χ0v) is 15.6. The van der Waals surface area contributed by atoms with E-state index in [0.29, 0.717) is 35.4 Å². The van der Waals surface area contributed by atoms with Crippen molar-refractivity contribution in [3.63, 3.8) is 0 Å². The van der Waals surface area contributed by atoms with Crippen LogP contribution in [-0.2, 0) is 9.53 Å². The second-order valence-corrected chi connectivity index (χ2v) is 7.30. The summed E-state index contributed by atoms with van der Waals surface area (Å²) >= 11 is 0. The summed E-state index contributed by atoms with van der Waals surface area (Å²) in [6.45, 7) is 8.89. The summed E-state index contributed by atoms with van der Waals surface area (Å²) in [7, 11) is 0. The number of hydrogen-bond acceptors (Lipinski definition) is 5. The SMILES string of the molecule is CCOC(=O)C1=C(CN2C[C@@H](C)C[C@H](C)C2)NC(=O)N[C@@H]1c1ccco1. The molecule has 0 unspecified atom stereocenters. The van der Waals surface area contributed by atoms with E-state index in [9.17, 15) is 9.59 Å². The number of rotatable bonds is 5. The van der Waals surface area contributed by atoms with Crippen LogP contribution in [0.25, 0.3) is 0 Å². The van der Waals surface area contributed by atoms with Gasteiger partial charge >= 0.3 is 12.0 Å². The molecular formula is C19H27N3O4. The number of hydrogen-bond donors (Lipinski definition) is 2. The summed E-state index contributed by atoms with van der Waals surface area (Å²) in [5.74, 6) is 1.25. The molecule has 1 fully saturated rings. The van der Waals surface area contributed by atoms with Gasteiger partial charge in [0.05, 0.1) is 18.4 Å². The van der Waals surface area contributed by atoms with Gasteiger partial charge in [-0.2, -0.15) is 0 Å². The van der Waals surface area contributed by atoms with Gasteiger partial charge < -0.3 is 19.8 Å². The zero-order chi connectivity index (χ0) is 18.7. The van der Waals surface area contributed by atoms with Crippen LogP contribution in [0.15, 0.2) is 34.1 Å². The predicted molar refractivity (Wildman–Crippen MR) is 96.2 cm³/mol. The molecule has 142 valence electrons. The Balaban J connectivity index is 1.93. The molecule has 1 saturated heterocycles. The van der Waals surface area contributed by atoms with E-state index in [2.05, 4.69) is 29.4 Å². The first kappa shape index (κ1) is 18.5. The molecule has 0 saturated carbocycles. The first-order chi connectivity index (χ1) is 12.5. The van der Waals surface area contributed by atoms with Gasteiger partial charge in [0.1, 0.15) is 11.8 Å². The van der Waals surface area contributed by atoms with E-state index in [4.69, 9.17) is 9.15 Å². The Morgan fingerprint density at radius 1 is 1.35 bits per heavy atom. The highest BCUT2D eigenvalue weighted by atomic mass is 16.5. The molecule has 2 aliphatic heterocycles. The molecule has 1 aromatic rings. The van der Waals surface area contributed by atoms with Crippen molar-refractivity contribution in [1.82, 2.24) is 15.5 Å². The third kappa shape index (κ3) is 4.09. The van der Waals surface area contributed by atoms with Gasteiger partial charge in [0.2, 0.25) is 0 Å². The number of likely N-dealkylation sites (tertiary alicyclic amines) is 1. The monoisotopic (exact) mass is 361 g/mol. The molecule has 7 nitrogen and oxygen atoms in total. The molecular weight excluding hydrogens is 334 g/mol. The Hall–Kier alpha value is -2.28. The van der Waals surface area contributed by atoms with Crippen molar-refractivity contribution < 1.29 is 18.7 Å². The summed E-state index contributed by atoms with van der Waals surface area (Å²) in [5.41, 5.74) is 1.00. The van der Waals surface area contributed by atoms with Crippen LogP contribution >= 0.6 is 0 Å². The second-order valence-electron chi connectivity index (χ2n) is 7.30. The first-order valence-electron chi connectivity index (χ1n) is 9.21. The van der Waals surface area contributed by atoms with Crippen LogP contribution in [-0.4, -0.2) is 43.1 Å². The summed E-state index contributed by atoms with van der Waals surface area (Å²) in [4.78, 5) is 27.2. The Bertz CT molecular complexity index is 673. The fourth-order valence-electron chi connectivity index (χ4n) is 4.01. The predicted octanol–water partition coefficient (Wildman–Crippen LogP) is 2.43. The van der Waals surface area contributed by atoms with Crippen molar-refractivity contribution in [3.8, 4) is 0 Å². The van der Waals surface area contributed by atoms with E-state index < -0.39 is 12.0 Å². The Morgan fingerprint density at radius 3 is 2.69 bits per heavy atom. The maximum atomic E-state index is 12.7. The van der Waals surface area contributed by atoms with Crippen molar-refractivity contribution >= 4 is 12.0 Å². The van der Waals surface area contributed by atoms with Crippen molar-refractivity contribution in [2.75, 3.05) is 26.2 Å². The van der Waals surface area contributed by atoms with Gasteiger partial charge in [0.25, 0.3) is 0 Å². The summed E-state index contributed by atoms with van der Waals surface area (Å²) < 4.78 is 10.7. The average molecular weight is 361 g/mol. The molecule has 26 heavy (non-hydrogen) atoms. The molecule has 0 aliphatic carbocycles. The number of urea groups is 1. The number of amides is 2. The largest absolute Gasteiger partial charge is 0.467 e. The number of piperidine rings is 1. The van der Waals surface area contributed by atoms with Gasteiger partial charge in [-0.3, -0.25) is 4.90 Å². The highest BCUT2D eigenvalue weighted by molar-refractivity contribution is 5.95. The van der Waals surface area contributed by atoms with Gasteiger partial charge in [-0.15, -0.1) is 0 Å². The van der Waals surface area contributed by atoms with Gasteiger partial charge in [0, 0.05) is 25.3 Å². The van der Waals surface area contributed by atoms with Crippen LogP contribution in [0.2, 0.25) is 0 Å². The van der Waals surface area contributed by atoms with Crippen LogP contribution < -0.4 is 10.6 Å². The van der Waals surface area contributed by atoms with Crippen LogP contribution in [0, 0.1) is 11.8 Å². The number of carbonyl (C=O) groups excluding carboxylic acids is 2. The van der Waals surface area contributed by atoms with Crippen molar-refractivity contribution in [3.05, 3.63) is 35.4 Å². The molecule has 3 rings (SSSR count). The molecule has 0 radical (unpaired) electrons. The third-order valence-corrected chi connectivity index (χ3v) is 4.80. The highest BCUT2D eigenvalue weighted by Gasteiger charge is 2.36. The summed E-state index contributed by atoms with van der Waals surface area (Å²) in [6.07, 6.45) is 2.73. The van der Waals surface area contributed by atoms with Gasteiger partial charge in [-0.1, -0.05) is 13.8 Å². The topological polar surface area (TPSA) is 83.8 Å². The fourth-order valence-corrected chi connectivity index (χ4v) is 4.01. The molecule has 0 bridgehead atoms. The highest BCUT2D eigenvalue weighted by Crippen LogP contribution is 2.29. The summed E-state index contributed by atoms with van der Waals surface area (Å²) in [6, 6.07) is 2.50. The molecule has 0 spiro atoms. The number of carbonyl (C=O) groups is 2. The lowest BCUT2D eigenvalue weighted by Gasteiger charge is -2.37. The Kier molecular flexibility index (Phi) is 5.66. The first-order valence-corrected chi connectivity index (χ1v) is 9.21. The molecule has 7 heteroatoms. The lowest BCUT2D eigenvalue weighted by atomic mass is 9.91. The smallest absolute Gasteiger partial charge is 0.338 e. The average Bonchev–Trinajstić information content (AvgIpc) is 3.07. The number of nitrogens with one attached hydrogen (secondary N) is 2. The molecule has 1 aromatic heterocycles.